The van der Waals surface area contributed by atoms with Gasteiger partial charge < -0.3 is 5.32 Å². The summed E-state index contributed by atoms with van der Waals surface area (Å²) in [7, 11) is -0.378. The van der Waals surface area contributed by atoms with Crippen molar-refractivity contribution in [2.75, 3.05) is 31.7 Å². The molecule has 0 fully saturated rings. The summed E-state index contributed by atoms with van der Waals surface area (Å²) in [5.41, 5.74) is 0.339. The Kier molecular flexibility index (Phi) is 5.42. The van der Waals surface area contributed by atoms with Crippen LogP contribution >= 0.6 is 15.9 Å². The maximum atomic E-state index is 11.6. The molecule has 0 aliphatic rings. The highest BCUT2D eigenvalue weighted by Gasteiger charge is 2.18. The molecule has 1 N–H and O–H groups in total. The molecule has 0 saturated heterocycles. The van der Waals surface area contributed by atoms with Gasteiger partial charge in [-0.25, -0.2) is 17.7 Å². The van der Waals surface area contributed by atoms with E-state index in [0.29, 0.717) is 15.9 Å². The number of hydrogen-bond acceptors (Lipinski definition) is 6. The monoisotopic (exact) mass is 366 g/mol. The number of hydrogen-bond donors (Lipinski definition) is 1. The van der Waals surface area contributed by atoms with Gasteiger partial charge in [-0.3, -0.25) is 10.1 Å². The van der Waals surface area contributed by atoms with E-state index in [1.165, 1.54) is 14.1 Å². The minimum atomic E-state index is -3.29. The number of pyridine rings is 1. The molecule has 0 aliphatic carbocycles. The van der Waals surface area contributed by atoms with Crippen molar-refractivity contribution >= 4 is 37.5 Å². The van der Waals surface area contributed by atoms with Gasteiger partial charge >= 0.3 is 0 Å². The fourth-order valence-corrected chi connectivity index (χ4v) is 2.53. The number of aromatic nitrogens is 1. The molecule has 112 valence electrons. The molecular formula is C10H15BrN4O4S. The summed E-state index contributed by atoms with van der Waals surface area (Å²) in [6.45, 7) is 1.75. The normalized spacial score (nSPS) is 11.7. The Morgan fingerprint density at radius 1 is 1.50 bits per heavy atom. The first-order chi connectivity index (χ1) is 9.16. The highest BCUT2D eigenvalue weighted by atomic mass is 79.9. The molecule has 10 heteroatoms. The third-order valence-electron chi connectivity index (χ3n) is 2.64. The number of nitrogens with zero attached hydrogens (tertiary/aromatic N) is 3. The van der Waals surface area contributed by atoms with Gasteiger partial charge in [-0.1, -0.05) is 0 Å². The molecule has 1 aromatic heterocycles. The van der Waals surface area contributed by atoms with Gasteiger partial charge in [-0.2, -0.15) is 0 Å². The van der Waals surface area contributed by atoms with Crippen molar-refractivity contribution in [1.29, 1.82) is 0 Å². The van der Waals surface area contributed by atoms with Gasteiger partial charge in [0.2, 0.25) is 10.0 Å². The fourth-order valence-electron chi connectivity index (χ4n) is 1.36. The lowest BCUT2D eigenvalue weighted by molar-refractivity contribution is -0.385. The minimum Gasteiger partial charge on any atom is -0.368 e. The van der Waals surface area contributed by atoms with E-state index in [2.05, 4.69) is 26.2 Å². The van der Waals surface area contributed by atoms with Crippen molar-refractivity contribution in [2.45, 2.75) is 6.92 Å². The lowest BCUT2D eigenvalue weighted by Crippen LogP contribution is -2.28. The molecule has 0 radical (unpaired) electrons. The van der Waals surface area contributed by atoms with Crippen molar-refractivity contribution in [3.63, 3.8) is 0 Å². The molecule has 20 heavy (non-hydrogen) atoms. The van der Waals surface area contributed by atoms with E-state index in [0.717, 1.165) is 10.5 Å². The Morgan fingerprint density at radius 3 is 2.60 bits per heavy atom. The second-order valence-corrected chi connectivity index (χ2v) is 7.31. The van der Waals surface area contributed by atoms with E-state index in [9.17, 15) is 18.5 Å². The van der Waals surface area contributed by atoms with Gasteiger partial charge in [-0.15, -0.1) is 0 Å². The summed E-state index contributed by atoms with van der Waals surface area (Å²) in [6.07, 6.45) is 1.14. The molecule has 1 heterocycles. The van der Waals surface area contributed by atoms with Crippen molar-refractivity contribution in [1.82, 2.24) is 9.29 Å². The number of sulfonamides is 1. The molecule has 0 aromatic carbocycles. The van der Waals surface area contributed by atoms with Gasteiger partial charge in [0, 0.05) is 26.2 Å². The SMILES string of the molecule is Cc1c([N+](=O)[O-])cnc(NCCS(=O)(=O)N(C)C)c1Br. The first kappa shape index (κ1) is 16.8. The minimum absolute atomic E-state index is 0.0931. The number of anilines is 1. The number of halogens is 1. The Morgan fingerprint density at radius 2 is 2.10 bits per heavy atom. The molecule has 0 atom stereocenters. The predicted molar refractivity (Wildman–Crippen MR) is 79.3 cm³/mol. The van der Waals surface area contributed by atoms with Crippen LogP contribution in [-0.4, -0.2) is 49.0 Å². The highest BCUT2D eigenvalue weighted by molar-refractivity contribution is 9.10. The topological polar surface area (TPSA) is 105 Å². The zero-order valence-electron chi connectivity index (χ0n) is 11.3. The van der Waals surface area contributed by atoms with Crippen LogP contribution in [0.15, 0.2) is 10.7 Å². The molecule has 0 saturated carbocycles. The van der Waals surface area contributed by atoms with Gasteiger partial charge in [-0.05, 0) is 22.9 Å². The van der Waals surface area contributed by atoms with Crippen molar-refractivity contribution in [3.05, 3.63) is 26.3 Å². The van der Waals surface area contributed by atoms with Crippen molar-refractivity contribution in [2.24, 2.45) is 0 Å². The summed E-state index contributed by atoms with van der Waals surface area (Å²) in [5, 5.41) is 13.6. The molecule has 1 aromatic rings. The second-order valence-electron chi connectivity index (χ2n) is 4.21. The standard InChI is InChI=1S/C10H15BrN4O4S/c1-7-8(15(16)17)6-13-10(9(7)11)12-4-5-20(18,19)14(2)3/h6H,4-5H2,1-3H3,(H,12,13). The molecule has 0 unspecified atom stereocenters. The third-order valence-corrected chi connectivity index (χ3v) is 5.45. The second kappa shape index (κ2) is 6.46. The van der Waals surface area contributed by atoms with Crippen LogP contribution in [0.3, 0.4) is 0 Å². The summed E-state index contributed by atoms with van der Waals surface area (Å²) in [4.78, 5) is 14.1. The summed E-state index contributed by atoms with van der Waals surface area (Å²) in [5.74, 6) is 0.284. The van der Waals surface area contributed by atoms with Crippen LogP contribution in [0.1, 0.15) is 5.56 Å². The van der Waals surface area contributed by atoms with Gasteiger partial charge in [0.1, 0.15) is 12.0 Å². The van der Waals surface area contributed by atoms with E-state index in [1.54, 1.807) is 6.92 Å². The lowest BCUT2D eigenvalue weighted by atomic mass is 10.2. The maximum Gasteiger partial charge on any atom is 0.291 e. The summed E-state index contributed by atoms with van der Waals surface area (Å²) in [6, 6.07) is 0. The van der Waals surface area contributed by atoms with Crippen molar-refractivity contribution < 1.29 is 13.3 Å². The molecular weight excluding hydrogens is 352 g/mol. The van der Waals surface area contributed by atoms with E-state index in [-0.39, 0.29) is 18.0 Å². The maximum absolute atomic E-state index is 11.6. The van der Waals surface area contributed by atoms with Crippen LogP contribution < -0.4 is 5.32 Å². The van der Waals surface area contributed by atoms with Gasteiger partial charge in [0.15, 0.2) is 0 Å². The molecule has 0 bridgehead atoms. The first-order valence-electron chi connectivity index (χ1n) is 5.60. The van der Waals surface area contributed by atoms with Gasteiger partial charge in [0.05, 0.1) is 15.1 Å². The van der Waals surface area contributed by atoms with E-state index in [4.69, 9.17) is 0 Å². The number of nitro groups is 1. The van der Waals surface area contributed by atoms with Crippen LogP contribution in [0.5, 0.6) is 0 Å². The molecule has 0 spiro atoms. The average molecular weight is 367 g/mol. The van der Waals surface area contributed by atoms with Crippen LogP contribution in [0, 0.1) is 17.0 Å². The van der Waals surface area contributed by atoms with Crippen LogP contribution in [0.2, 0.25) is 0 Å². The average Bonchev–Trinajstić information content (AvgIpc) is 2.33. The Balaban J connectivity index is 2.81. The molecule has 0 amide bonds. The van der Waals surface area contributed by atoms with E-state index in [1.807, 2.05) is 0 Å². The van der Waals surface area contributed by atoms with Crippen molar-refractivity contribution in [3.8, 4) is 0 Å². The van der Waals surface area contributed by atoms with E-state index >= 15 is 0 Å². The Labute approximate surface area is 125 Å². The fraction of sp³-hybridized carbons (Fsp3) is 0.500. The van der Waals surface area contributed by atoms with Gasteiger partial charge in [0.25, 0.3) is 5.69 Å². The highest BCUT2D eigenvalue weighted by Crippen LogP contribution is 2.30. The number of nitrogens with one attached hydrogen (secondary N) is 1. The van der Waals surface area contributed by atoms with E-state index < -0.39 is 14.9 Å². The van der Waals surface area contributed by atoms with Crippen LogP contribution in [0.4, 0.5) is 11.5 Å². The third kappa shape index (κ3) is 3.87. The zero-order valence-corrected chi connectivity index (χ0v) is 13.7. The smallest absolute Gasteiger partial charge is 0.291 e. The predicted octanol–water partition coefficient (Wildman–Crippen LogP) is 1.36. The molecule has 0 aliphatic heterocycles. The molecule has 8 nitrogen and oxygen atoms in total. The van der Waals surface area contributed by atoms with Crippen LogP contribution in [-0.2, 0) is 10.0 Å². The summed E-state index contributed by atoms with van der Waals surface area (Å²) < 4.78 is 24.8. The lowest BCUT2D eigenvalue weighted by Gasteiger charge is -2.13. The van der Waals surface area contributed by atoms with Crippen LogP contribution in [0.25, 0.3) is 0 Å². The Bertz CT molecular complexity index is 618. The molecule has 1 rings (SSSR count). The summed E-state index contributed by atoms with van der Waals surface area (Å²) >= 11 is 3.22. The zero-order chi connectivity index (χ0) is 15.5. The Hall–Kier alpha value is -1.26. The largest absolute Gasteiger partial charge is 0.368 e. The quantitative estimate of drug-likeness (QED) is 0.601. The first-order valence-corrected chi connectivity index (χ1v) is 8.00. The number of rotatable bonds is 6.